The Balaban J connectivity index is 1.77. The summed E-state index contributed by atoms with van der Waals surface area (Å²) in [6.07, 6.45) is 0. The van der Waals surface area contributed by atoms with Gasteiger partial charge in [0.15, 0.2) is 0 Å². The molecule has 0 spiro atoms. The quantitative estimate of drug-likeness (QED) is 0.514. The van der Waals surface area contributed by atoms with Gasteiger partial charge in [-0.3, -0.25) is 4.79 Å². The summed E-state index contributed by atoms with van der Waals surface area (Å²) in [7, 11) is 1.62. The van der Waals surface area contributed by atoms with E-state index < -0.39 is 0 Å². The van der Waals surface area contributed by atoms with E-state index in [-0.39, 0.29) is 11.9 Å². The Morgan fingerprint density at radius 2 is 1.93 bits per heavy atom. The van der Waals surface area contributed by atoms with Crippen LogP contribution in [0.5, 0.6) is 5.75 Å². The van der Waals surface area contributed by atoms with Crippen molar-refractivity contribution < 1.29 is 9.53 Å². The number of carbonyl (C=O) groups excluding carboxylic acids is 1. The van der Waals surface area contributed by atoms with Gasteiger partial charge in [-0.1, -0.05) is 47.5 Å². The van der Waals surface area contributed by atoms with Crippen molar-refractivity contribution in [2.75, 3.05) is 7.11 Å². The second kappa shape index (κ2) is 9.01. The molecule has 1 aromatic heterocycles. The lowest BCUT2D eigenvalue weighted by Gasteiger charge is -2.15. The van der Waals surface area contributed by atoms with Crippen molar-refractivity contribution in [3.05, 3.63) is 80.0 Å². The average molecular weight is 477 g/mol. The van der Waals surface area contributed by atoms with Crippen molar-refractivity contribution >= 4 is 33.4 Å². The van der Waals surface area contributed by atoms with E-state index in [9.17, 15) is 4.79 Å². The standard InChI is InChI=1S/C22H23BrClN3O2/c1-13-5-7-16(8-6-13)12-27-21(24)20(15(3)26-27)22(28)25-14(2)17-9-10-19(29-4)18(23)11-17/h5-11,14H,12H2,1-4H3,(H,25,28). The molecule has 152 valence electrons. The molecule has 1 unspecified atom stereocenters. The molecule has 29 heavy (non-hydrogen) atoms. The summed E-state index contributed by atoms with van der Waals surface area (Å²) in [6, 6.07) is 13.7. The van der Waals surface area contributed by atoms with E-state index in [1.54, 1.807) is 18.7 Å². The van der Waals surface area contributed by atoms with E-state index in [0.29, 0.717) is 23.0 Å². The Labute approximate surface area is 184 Å². The lowest BCUT2D eigenvalue weighted by molar-refractivity contribution is 0.0939. The first-order valence-electron chi connectivity index (χ1n) is 9.23. The summed E-state index contributed by atoms with van der Waals surface area (Å²) in [5, 5.41) is 7.81. The Kier molecular flexibility index (Phi) is 6.65. The maximum absolute atomic E-state index is 12.9. The lowest BCUT2D eigenvalue weighted by Crippen LogP contribution is -2.27. The van der Waals surface area contributed by atoms with Gasteiger partial charge in [0, 0.05) is 0 Å². The molecule has 7 heteroatoms. The molecule has 5 nitrogen and oxygen atoms in total. The number of nitrogens with zero attached hydrogens (tertiary/aromatic N) is 2. The first-order valence-corrected chi connectivity index (χ1v) is 10.4. The number of methoxy groups -OCH3 is 1. The highest BCUT2D eigenvalue weighted by Crippen LogP contribution is 2.28. The second-order valence-corrected chi connectivity index (χ2v) is 8.20. The SMILES string of the molecule is COc1ccc(C(C)NC(=O)c2c(C)nn(Cc3ccc(C)cc3)c2Cl)cc1Br. The number of ether oxygens (including phenoxy) is 1. The summed E-state index contributed by atoms with van der Waals surface area (Å²) in [5.74, 6) is 0.491. The van der Waals surface area contributed by atoms with Gasteiger partial charge in [0.1, 0.15) is 10.9 Å². The normalized spacial score (nSPS) is 11.9. The number of hydrogen-bond acceptors (Lipinski definition) is 3. The predicted molar refractivity (Wildman–Crippen MR) is 119 cm³/mol. The third-order valence-electron chi connectivity index (χ3n) is 4.77. The van der Waals surface area contributed by atoms with Crippen LogP contribution in [0.1, 0.15) is 45.7 Å². The van der Waals surface area contributed by atoms with Gasteiger partial charge < -0.3 is 10.1 Å². The summed E-state index contributed by atoms with van der Waals surface area (Å²) in [6.45, 7) is 6.27. The zero-order valence-electron chi connectivity index (χ0n) is 16.8. The van der Waals surface area contributed by atoms with E-state index >= 15 is 0 Å². The number of benzene rings is 2. The van der Waals surface area contributed by atoms with Gasteiger partial charge in [-0.2, -0.15) is 5.10 Å². The van der Waals surface area contributed by atoms with Crippen LogP contribution in [-0.2, 0) is 6.54 Å². The summed E-state index contributed by atoms with van der Waals surface area (Å²) in [4.78, 5) is 12.9. The number of aryl methyl sites for hydroxylation is 2. The number of halogens is 2. The van der Waals surface area contributed by atoms with Crippen molar-refractivity contribution in [1.82, 2.24) is 15.1 Å². The van der Waals surface area contributed by atoms with Crippen molar-refractivity contribution in [2.45, 2.75) is 33.4 Å². The Morgan fingerprint density at radius 1 is 1.24 bits per heavy atom. The fourth-order valence-electron chi connectivity index (χ4n) is 3.09. The number of aromatic nitrogens is 2. The van der Waals surface area contributed by atoms with Crippen molar-refractivity contribution in [1.29, 1.82) is 0 Å². The zero-order chi connectivity index (χ0) is 21.1. The van der Waals surface area contributed by atoms with E-state index in [0.717, 1.165) is 21.3 Å². The number of rotatable bonds is 6. The second-order valence-electron chi connectivity index (χ2n) is 6.98. The molecule has 0 radical (unpaired) electrons. The number of amides is 1. The number of carbonyl (C=O) groups is 1. The van der Waals surface area contributed by atoms with Crippen LogP contribution in [0.3, 0.4) is 0 Å². The Morgan fingerprint density at radius 3 is 2.55 bits per heavy atom. The smallest absolute Gasteiger partial charge is 0.256 e. The maximum atomic E-state index is 12.9. The third-order valence-corrected chi connectivity index (χ3v) is 5.77. The van der Waals surface area contributed by atoms with Gasteiger partial charge in [-0.15, -0.1) is 0 Å². The van der Waals surface area contributed by atoms with Crippen molar-refractivity contribution in [3.8, 4) is 5.75 Å². The van der Waals surface area contributed by atoms with E-state index in [1.807, 2.05) is 56.3 Å². The van der Waals surface area contributed by atoms with Gasteiger partial charge in [-0.05, 0) is 60.0 Å². The minimum atomic E-state index is -0.248. The minimum Gasteiger partial charge on any atom is -0.496 e. The summed E-state index contributed by atoms with van der Waals surface area (Å²) >= 11 is 9.99. The molecule has 1 heterocycles. The van der Waals surface area contributed by atoms with E-state index in [2.05, 4.69) is 26.3 Å². The molecular formula is C22H23BrClN3O2. The summed E-state index contributed by atoms with van der Waals surface area (Å²) in [5.41, 5.74) is 4.21. The highest BCUT2D eigenvalue weighted by atomic mass is 79.9. The van der Waals surface area contributed by atoms with Crippen LogP contribution in [0, 0.1) is 13.8 Å². The minimum absolute atomic E-state index is 0.208. The Hall–Kier alpha value is -2.31. The molecule has 0 saturated carbocycles. The molecule has 0 saturated heterocycles. The molecule has 0 fully saturated rings. The van der Waals surface area contributed by atoms with Gasteiger partial charge in [0.2, 0.25) is 0 Å². The summed E-state index contributed by atoms with van der Waals surface area (Å²) < 4.78 is 7.75. The number of nitrogens with one attached hydrogen (secondary N) is 1. The third kappa shape index (κ3) is 4.82. The van der Waals surface area contributed by atoms with Crippen LogP contribution < -0.4 is 10.1 Å². The largest absolute Gasteiger partial charge is 0.496 e. The van der Waals surface area contributed by atoms with Crippen LogP contribution >= 0.6 is 27.5 Å². The molecule has 0 aliphatic rings. The van der Waals surface area contributed by atoms with Crippen LogP contribution in [0.4, 0.5) is 0 Å². The fraction of sp³-hybridized carbons (Fsp3) is 0.273. The predicted octanol–water partition coefficient (Wildman–Crippen LogP) is 5.46. The molecule has 1 atom stereocenters. The molecule has 0 aliphatic heterocycles. The van der Waals surface area contributed by atoms with Gasteiger partial charge >= 0.3 is 0 Å². The zero-order valence-corrected chi connectivity index (χ0v) is 19.1. The van der Waals surface area contributed by atoms with Crippen LogP contribution in [0.25, 0.3) is 0 Å². The van der Waals surface area contributed by atoms with Crippen molar-refractivity contribution in [3.63, 3.8) is 0 Å². The average Bonchev–Trinajstić information content (AvgIpc) is 2.96. The van der Waals surface area contributed by atoms with E-state index in [1.165, 1.54) is 5.56 Å². The highest BCUT2D eigenvalue weighted by Gasteiger charge is 2.22. The van der Waals surface area contributed by atoms with Crippen molar-refractivity contribution in [2.24, 2.45) is 0 Å². The molecule has 1 N–H and O–H groups in total. The molecule has 0 aliphatic carbocycles. The van der Waals surface area contributed by atoms with E-state index in [4.69, 9.17) is 16.3 Å². The first kappa shape index (κ1) is 21.4. The molecular weight excluding hydrogens is 454 g/mol. The van der Waals surface area contributed by atoms with Crippen LogP contribution in [-0.4, -0.2) is 22.8 Å². The molecule has 1 amide bonds. The van der Waals surface area contributed by atoms with Crippen LogP contribution in [0.2, 0.25) is 5.15 Å². The molecule has 3 aromatic rings. The van der Waals surface area contributed by atoms with Crippen LogP contribution in [0.15, 0.2) is 46.9 Å². The van der Waals surface area contributed by atoms with Gasteiger partial charge in [-0.25, -0.2) is 4.68 Å². The maximum Gasteiger partial charge on any atom is 0.256 e. The molecule has 0 bridgehead atoms. The first-order chi connectivity index (χ1) is 13.8. The number of hydrogen-bond donors (Lipinski definition) is 1. The van der Waals surface area contributed by atoms with Gasteiger partial charge in [0.25, 0.3) is 5.91 Å². The monoisotopic (exact) mass is 475 g/mol. The Bertz CT molecular complexity index is 1030. The molecule has 2 aromatic carbocycles. The lowest BCUT2D eigenvalue weighted by atomic mass is 10.1. The topological polar surface area (TPSA) is 56.1 Å². The molecule has 3 rings (SSSR count). The fourth-order valence-corrected chi connectivity index (χ4v) is 3.97. The van der Waals surface area contributed by atoms with Gasteiger partial charge in [0.05, 0.1) is 35.4 Å². The highest BCUT2D eigenvalue weighted by molar-refractivity contribution is 9.10.